The number of hydrogen-bond acceptors (Lipinski definition) is 3. The molecule has 0 aliphatic carbocycles. The molecule has 2 rings (SSSR count). The molecule has 0 spiro atoms. The summed E-state index contributed by atoms with van der Waals surface area (Å²) in [7, 11) is 0. The van der Waals surface area contributed by atoms with Gasteiger partial charge in [0.25, 0.3) is 0 Å². The van der Waals surface area contributed by atoms with Crippen molar-refractivity contribution in [1.82, 2.24) is 9.80 Å². The SMILES string of the molecule is CCCCOCCCN1CC(=O)N2CCCCC2C1=O. The first kappa shape index (κ1) is 15.3. The second-order valence-electron chi connectivity index (χ2n) is 5.68. The van der Waals surface area contributed by atoms with Crippen molar-refractivity contribution < 1.29 is 14.3 Å². The third-order valence-electron chi connectivity index (χ3n) is 4.10. The molecule has 20 heavy (non-hydrogen) atoms. The molecule has 1 unspecified atom stereocenters. The third kappa shape index (κ3) is 3.72. The van der Waals surface area contributed by atoms with Gasteiger partial charge in [-0.1, -0.05) is 13.3 Å². The summed E-state index contributed by atoms with van der Waals surface area (Å²) in [5.74, 6) is 0.249. The second kappa shape index (κ2) is 7.62. The van der Waals surface area contributed by atoms with Gasteiger partial charge in [-0.05, 0) is 32.1 Å². The Labute approximate surface area is 121 Å². The molecule has 0 aromatic heterocycles. The molecule has 2 heterocycles. The minimum atomic E-state index is -0.189. The average Bonchev–Trinajstić information content (AvgIpc) is 2.47. The van der Waals surface area contributed by atoms with E-state index in [1.165, 1.54) is 0 Å². The number of carbonyl (C=O) groups excluding carboxylic acids is 2. The Kier molecular flexibility index (Phi) is 5.83. The van der Waals surface area contributed by atoms with E-state index in [-0.39, 0.29) is 24.4 Å². The Bertz CT molecular complexity index is 346. The van der Waals surface area contributed by atoms with E-state index in [4.69, 9.17) is 4.74 Å². The van der Waals surface area contributed by atoms with Gasteiger partial charge in [0.05, 0.1) is 6.54 Å². The minimum absolute atomic E-state index is 0.112. The lowest BCUT2D eigenvalue weighted by Gasteiger charge is -2.42. The van der Waals surface area contributed by atoms with Crippen LogP contribution in [0.4, 0.5) is 0 Å². The Hall–Kier alpha value is -1.10. The molecule has 0 radical (unpaired) electrons. The summed E-state index contributed by atoms with van der Waals surface area (Å²) in [6.07, 6.45) is 5.94. The van der Waals surface area contributed by atoms with E-state index in [1.54, 1.807) is 9.80 Å². The summed E-state index contributed by atoms with van der Waals surface area (Å²) < 4.78 is 5.50. The van der Waals surface area contributed by atoms with E-state index in [0.717, 1.165) is 51.7 Å². The molecule has 5 nitrogen and oxygen atoms in total. The fourth-order valence-corrected chi connectivity index (χ4v) is 2.92. The van der Waals surface area contributed by atoms with Crippen LogP contribution >= 0.6 is 0 Å². The molecule has 0 saturated carbocycles. The van der Waals surface area contributed by atoms with Crippen molar-refractivity contribution in [3.63, 3.8) is 0 Å². The van der Waals surface area contributed by atoms with Crippen molar-refractivity contribution in [2.24, 2.45) is 0 Å². The lowest BCUT2D eigenvalue weighted by Crippen LogP contribution is -2.61. The van der Waals surface area contributed by atoms with Gasteiger partial charge >= 0.3 is 0 Å². The van der Waals surface area contributed by atoms with Gasteiger partial charge in [0, 0.05) is 26.3 Å². The maximum Gasteiger partial charge on any atom is 0.245 e. The van der Waals surface area contributed by atoms with E-state index in [2.05, 4.69) is 6.92 Å². The molecule has 2 amide bonds. The van der Waals surface area contributed by atoms with Gasteiger partial charge in [0.2, 0.25) is 11.8 Å². The van der Waals surface area contributed by atoms with Crippen molar-refractivity contribution in [2.75, 3.05) is 32.8 Å². The maximum absolute atomic E-state index is 12.4. The summed E-state index contributed by atoms with van der Waals surface area (Å²) in [6, 6.07) is -0.189. The van der Waals surface area contributed by atoms with E-state index >= 15 is 0 Å². The van der Waals surface area contributed by atoms with Crippen LogP contribution in [0.15, 0.2) is 0 Å². The van der Waals surface area contributed by atoms with Crippen LogP contribution in [0.5, 0.6) is 0 Å². The van der Waals surface area contributed by atoms with Gasteiger partial charge < -0.3 is 14.5 Å². The zero-order valence-electron chi connectivity index (χ0n) is 12.5. The molecule has 0 bridgehead atoms. The lowest BCUT2D eigenvalue weighted by atomic mass is 9.98. The largest absolute Gasteiger partial charge is 0.381 e. The van der Waals surface area contributed by atoms with E-state index in [1.807, 2.05) is 0 Å². The predicted molar refractivity (Wildman–Crippen MR) is 76.3 cm³/mol. The van der Waals surface area contributed by atoms with Crippen molar-refractivity contribution in [2.45, 2.75) is 51.5 Å². The maximum atomic E-state index is 12.4. The van der Waals surface area contributed by atoms with Crippen molar-refractivity contribution in [3.8, 4) is 0 Å². The number of fused-ring (bicyclic) bond motifs is 1. The standard InChI is InChI=1S/C15H26N2O3/c1-2-3-10-20-11-6-8-16-12-14(18)17-9-5-4-7-13(17)15(16)19/h13H,2-12H2,1H3. The molecular weight excluding hydrogens is 256 g/mol. The minimum Gasteiger partial charge on any atom is -0.381 e. The van der Waals surface area contributed by atoms with Crippen LogP contribution in [0.3, 0.4) is 0 Å². The highest BCUT2D eigenvalue weighted by Crippen LogP contribution is 2.23. The van der Waals surface area contributed by atoms with E-state index < -0.39 is 0 Å². The molecule has 0 aromatic carbocycles. The summed E-state index contributed by atoms with van der Waals surface area (Å²) in [5.41, 5.74) is 0. The van der Waals surface area contributed by atoms with Crippen LogP contribution in [0.25, 0.3) is 0 Å². The molecular formula is C15H26N2O3. The highest BCUT2D eigenvalue weighted by molar-refractivity contribution is 5.95. The number of hydrogen-bond donors (Lipinski definition) is 0. The zero-order chi connectivity index (χ0) is 14.4. The fraction of sp³-hybridized carbons (Fsp3) is 0.867. The van der Waals surface area contributed by atoms with Crippen molar-refractivity contribution in [3.05, 3.63) is 0 Å². The zero-order valence-corrected chi connectivity index (χ0v) is 12.5. The number of ether oxygens (including phenoxy) is 1. The first-order valence-corrected chi connectivity index (χ1v) is 7.90. The second-order valence-corrected chi connectivity index (χ2v) is 5.68. The van der Waals surface area contributed by atoms with E-state index in [9.17, 15) is 9.59 Å². The molecule has 2 aliphatic heterocycles. The van der Waals surface area contributed by atoms with Gasteiger partial charge in [-0.15, -0.1) is 0 Å². The quantitative estimate of drug-likeness (QED) is 0.664. The Balaban J connectivity index is 1.74. The predicted octanol–water partition coefficient (Wildman–Crippen LogP) is 1.42. The van der Waals surface area contributed by atoms with E-state index in [0.29, 0.717) is 13.2 Å². The third-order valence-corrected chi connectivity index (χ3v) is 4.10. The molecule has 0 aromatic rings. The molecule has 1 atom stereocenters. The molecule has 2 fully saturated rings. The number of carbonyl (C=O) groups is 2. The van der Waals surface area contributed by atoms with Gasteiger partial charge in [-0.2, -0.15) is 0 Å². The molecule has 5 heteroatoms. The Morgan fingerprint density at radius 3 is 2.80 bits per heavy atom. The van der Waals surface area contributed by atoms with Gasteiger partial charge in [-0.25, -0.2) is 0 Å². The number of piperazine rings is 1. The van der Waals surface area contributed by atoms with Crippen LogP contribution in [0, 0.1) is 0 Å². The molecule has 2 aliphatic rings. The number of amides is 2. The average molecular weight is 282 g/mol. The van der Waals surface area contributed by atoms with Crippen LogP contribution < -0.4 is 0 Å². The Morgan fingerprint density at radius 2 is 2.00 bits per heavy atom. The molecule has 2 saturated heterocycles. The van der Waals surface area contributed by atoms with Gasteiger partial charge in [0.15, 0.2) is 0 Å². The van der Waals surface area contributed by atoms with Crippen LogP contribution in [-0.2, 0) is 14.3 Å². The molecule has 114 valence electrons. The number of piperidine rings is 1. The van der Waals surface area contributed by atoms with Crippen molar-refractivity contribution in [1.29, 1.82) is 0 Å². The summed E-state index contributed by atoms with van der Waals surface area (Å²) >= 11 is 0. The monoisotopic (exact) mass is 282 g/mol. The van der Waals surface area contributed by atoms with Crippen LogP contribution in [0.2, 0.25) is 0 Å². The first-order chi connectivity index (χ1) is 9.74. The van der Waals surface area contributed by atoms with Gasteiger partial charge in [-0.3, -0.25) is 9.59 Å². The molecule has 0 N–H and O–H groups in total. The van der Waals surface area contributed by atoms with Crippen molar-refractivity contribution >= 4 is 11.8 Å². The van der Waals surface area contributed by atoms with Crippen LogP contribution in [0.1, 0.15) is 45.4 Å². The Morgan fingerprint density at radius 1 is 1.20 bits per heavy atom. The normalized spacial score (nSPS) is 23.1. The summed E-state index contributed by atoms with van der Waals surface area (Å²) in [5, 5.41) is 0. The summed E-state index contributed by atoms with van der Waals surface area (Å²) in [4.78, 5) is 27.9. The summed E-state index contributed by atoms with van der Waals surface area (Å²) in [6.45, 7) is 5.25. The smallest absolute Gasteiger partial charge is 0.245 e. The topological polar surface area (TPSA) is 49.9 Å². The fourth-order valence-electron chi connectivity index (χ4n) is 2.92. The number of nitrogens with zero attached hydrogens (tertiary/aromatic N) is 2. The number of rotatable bonds is 7. The van der Waals surface area contributed by atoms with Crippen LogP contribution in [-0.4, -0.2) is 60.5 Å². The lowest BCUT2D eigenvalue weighted by molar-refractivity contribution is -0.157. The first-order valence-electron chi connectivity index (χ1n) is 7.90. The van der Waals surface area contributed by atoms with Gasteiger partial charge in [0.1, 0.15) is 6.04 Å². The number of unbranched alkanes of at least 4 members (excludes halogenated alkanes) is 1. The highest BCUT2D eigenvalue weighted by Gasteiger charge is 2.39. The highest BCUT2D eigenvalue weighted by atomic mass is 16.5.